The van der Waals surface area contributed by atoms with Crippen molar-refractivity contribution in [1.29, 1.82) is 0 Å². The van der Waals surface area contributed by atoms with Gasteiger partial charge in [-0.2, -0.15) is 11.8 Å². The second-order valence-corrected chi connectivity index (χ2v) is 3.75. The third-order valence-electron chi connectivity index (χ3n) is 1.80. The third-order valence-corrected chi connectivity index (χ3v) is 2.87. The predicted octanol–water partition coefficient (Wildman–Crippen LogP) is -0.289. The van der Waals surface area contributed by atoms with Crippen LogP contribution in [0.5, 0.6) is 0 Å². The van der Waals surface area contributed by atoms with E-state index in [-0.39, 0.29) is 11.9 Å². The number of likely N-dealkylation sites (N-methyl/N-ethyl adjacent to an activating group) is 1. The highest BCUT2D eigenvalue weighted by Gasteiger charge is 2.23. The summed E-state index contributed by atoms with van der Waals surface area (Å²) in [5.74, 6) is 1.93. The molecule has 1 N–H and O–H groups in total. The molecule has 0 aromatic carbocycles. The Kier molecular flexibility index (Phi) is 3.84. The van der Waals surface area contributed by atoms with Crippen LogP contribution in [0.3, 0.4) is 0 Å². The van der Waals surface area contributed by atoms with E-state index < -0.39 is 0 Å². The van der Waals surface area contributed by atoms with Crippen molar-refractivity contribution in [2.24, 2.45) is 0 Å². The Morgan fingerprint density at radius 2 is 2.50 bits per heavy atom. The van der Waals surface area contributed by atoms with Gasteiger partial charge in [-0.1, -0.05) is 0 Å². The van der Waals surface area contributed by atoms with E-state index in [1.165, 1.54) is 12.2 Å². The van der Waals surface area contributed by atoms with Gasteiger partial charge in [-0.25, -0.2) is 5.06 Å². The molecule has 1 rings (SSSR count). The van der Waals surface area contributed by atoms with Gasteiger partial charge in [-0.3, -0.25) is 9.63 Å². The number of nitrogens with one attached hydrogen (secondary N) is 1. The van der Waals surface area contributed by atoms with Crippen molar-refractivity contribution in [1.82, 2.24) is 10.4 Å². The van der Waals surface area contributed by atoms with Crippen LogP contribution in [0.1, 0.15) is 0 Å². The molecular weight excluding hydrogens is 176 g/mol. The fourth-order valence-corrected chi connectivity index (χ4v) is 1.96. The largest absolute Gasteiger partial charge is 0.304 e. The highest BCUT2D eigenvalue weighted by molar-refractivity contribution is 7.99. The monoisotopic (exact) mass is 190 g/mol. The van der Waals surface area contributed by atoms with Crippen LogP contribution >= 0.6 is 11.8 Å². The molecule has 0 aromatic heterocycles. The number of hydroxylamine groups is 2. The fourth-order valence-electron chi connectivity index (χ4n) is 1.03. The standard InChI is InChI=1S/C7H14N2O2S/c1-9(11-2)7(10)6-5-12-4-3-8-6/h6,8H,3-5H2,1-2H3. The Bertz CT molecular complexity index is 159. The Morgan fingerprint density at radius 3 is 3.00 bits per heavy atom. The zero-order valence-corrected chi connectivity index (χ0v) is 8.19. The molecule has 0 aromatic rings. The molecule has 1 saturated heterocycles. The summed E-state index contributed by atoms with van der Waals surface area (Å²) in [4.78, 5) is 16.3. The van der Waals surface area contributed by atoms with Crippen LogP contribution in [0, 0.1) is 0 Å². The van der Waals surface area contributed by atoms with E-state index >= 15 is 0 Å². The van der Waals surface area contributed by atoms with Gasteiger partial charge >= 0.3 is 0 Å². The number of thioether (sulfide) groups is 1. The van der Waals surface area contributed by atoms with Gasteiger partial charge in [0.15, 0.2) is 0 Å². The van der Waals surface area contributed by atoms with Crippen molar-refractivity contribution in [2.45, 2.75) is 6.04 Å². The van der Waals surface area contributed by atoms with Gasteiger partial charge in [0, 0.05) is 25.1 Å². The number of carbonyl (C=O) groups excluding carboxylic acids is 1. The van der Waals surface area contributed by atoms with Crippen LogP contribution in [0.2, 0.25) is 0 Å². The fraction of sp³-hybridized carbons (Fsp3) is 0.857. The zero-order valence-electron chi connectivity index (χ0n) is 7.37. The molecule has 0 bridgehead atoms. The molecule has 4 nitrogen and oxygen atoms in total. The zero-order chi connectivity index (χ0) is 8.97. The predicted molar refractivity (Wildman–Crippen MR) is 48.9 cm³/mol. The normalized spacial score (nSPS) is 23.7. The van der Waals surface area contributed by atoms with Crippen LogP contribution in [0.4, 0.5) is 0 Å². The van der Waals surface area contributed by atoms with Crippen LogP contribution in [0.15, 0.2) is 0 Å². The average molecular weight is 190 g/mol. The van der Waals surface area contributed by atoms with E-state index in [0.29, 0.717) is 0 Å². The smallest absolute Gasteiger partial charge is 0.263 e. The van der Waals surface area contributed by atoms with Gasteiger partial charge in [0.1, 0.15) is 0 Å². The molecule has 1 unspecified atom stereocenters. The molecule has 0 aliphatic carbocycles. The first-order valence-corrected chi connectivity index (χ1v) is 5.04. The average Bonchev–Trinajstić information content (AvgIpc) is 2.17. The quantitative estimate of drug-likeness (QED) is 0.608. The maximum atomic E-state index is 11.5. The topological polar surface area (TPSA) is 41.6 Å². The number of amides is 1. The lowest BCUT2D eigenvalue weighted by Crippen LogP contribution is -2.49. The highest BCUT2D eigenvalue weighted by Crippen LogP contribution is 2.09. The van der Waals surface area contributed by atoms with E-state index in [9.17, 15) is 4.79 Å². The SMILES string of the molecule is CON(C)C(=O)C1CSCCN1. The van der Waals surface area contributed by atoms with Crippen LogP contribution in [0.25, 0.3) is 0 Å². The number of carbonyl (C=O) groups is 1. The molecule has 0 radical (unpaired) electrons. The maximum absolute atomic E-state index is 11.5. The molecule has 1 fully saturated rings. The van der Waals surface area contributed by atoms with Crippen molar-refractivity contribution in [2.75, 3.05) is 32.2 Å². The van der Waals surface area contributed by atoms with Gasteiger partial charge in [-0.05, 0) is 0 Å². The minimum absolute atomic E-state index is 0.00435. The Morgan fingerprint density at radius 1 is 1.75 bits per heavy atom. The number of hydrogen-bond donors (Lipinski definition) is 1. The molecule has 70 valence electrons. The van der Waals surface area contributed by atoms with E-state index in [0.717, 1.165) is 18.1 Å². The molecule has 1 amide bonds. The van der Waals surface area contributed by atoms with Crippen molar-refractivity contribution in [3.05, 3.63) is 0 Å². The highest BCUT2D eigenvalue weighted by atomic mass is 32.2. The van der Waals surface area contributed by atoms with Crippen molar-refractivity contribution < 1.29 is 9.63 Å². The summed E-state index contributed by atoms with van der Waals surface area (Å²) in [6.07, 6.45) is 0. The number of rotatable bonds is 2. The van der Waals surface area contributed by atoms with Crippen LogP contribution in [-0.4, -0.2) is 49.2 Å². The van der Waals surface area contributed by atoms with Crippen molar-refractivity contribution in [3.63, 3.8) is 0 Å². The summed E-state index contributed by atoms with van der Waals surface area (Å²) in [5, 5.41) is 4.41. The van der Waals surface area contributed by atoms with E-state index in [1.807, 2.05) is 0 Å². The first-order valence-electron chi connectivity index (χ1n) is 3.88. The Labute approximate surface area is 76.6 Å². The lowest BCUT2D eigenvalue weighted by atomic mass is 10.3. The summed E-state index contributed by atoms with van der Waals surface area (Å²) in [6, 6.07) is -0.0753. The van der Waals surface area contributed by atoms with Gasteiger partial charge in [-0.15, -0.1) is 0 Å². The Balaban J connectivity index is 2.39. The minimum Gasteiger partial charge on any atom is -0.304 e. The summed E-state index contributed by atoms with van der Waals surface area (Å²) in [6.45, 7) is 0.901. The molecular formula is C7H14N2O2S. The number of nitrogens with zero attached hydrogens (tertiary/aromatic N) is 1. The molecule has 0 spiro atoms. The van der Waals surface area contributed by atoms with Gasteiger partial charge < -0.3 is 5.32 Å². The first kappa shape index (κ1) is 9.83. The number of hydrogen-bond acceptors (Lipinski definition) is 4. The molecule has 0 saturated carbocycles. The van der Waals surface area contributed by atoms with Crippen LogP contribution in [-0.2, 0) is 9.63 Å². The van der Waals surface area contributed by atoms with Gasteiger partial charge in [0.05, 0.1) is 13.2 Å². The van der Waals surface area contributed by atoms with Crippen molar-refractivity contribution in [3.8, 4) is 0 Å². The molecule has 1 atom stereocenters. The molecule has 1 aliphatic heterocycles. The second-order valence-electron chi connectivity index (χ2n) is 2.60. The minimum atomic E-state index is -0.0753. The van der Waals surface area contributed by atoms with Crippen LogP contribution < -0.4 is 5.32 Å². The van der Waals surface area contributed by atoms with Gasteiger partial charge in [0.25, 0.3) is 5.91 Å². The molecule has 1 aliphatic rings. The van der Waals surface area contributed by atoms with E-state index in [4.69, 9.17) is 4.84 Å². The Hall–Kier alpha value is -0.260. The van der Waals surface area contributed by atoms with E-state index in [2.05, 4.69) is 5.32 Å². The summed E-state index contributed by atoms with van der Waals surface area (Å²) < 4.78 is 0. The summed E-state index contributed by atoms with van der Waals surface area (Å²) in [5.41, 5.74) is 0. The molecule has 1 heterocycles. The summed E-state index contributed by atoms with van der Waals surface area (Å²) >= 11 is 1.79. The maximum Gasteiger partial charge on any atom is 0.263 e. The molecule has 5 heteroatoms. The summed E-state index contributed by atoms with van der Waals surface area (Å²) in [7, 11) is 3.12. The lowest BCUT2D eigenvalue weighted by molar-refractivity contribution is -0.170. The first-order chi connectivity index (χ1) is 5.75. The van der Waals surface area contributed by atoms with Crippen molar-refractivity contribution >= 4 is 17.7 Å². The second kappa shape index (κ2) is 4.69. The third kappa shape index (κ3) is 2.36. The van der Waals surface area contributed by atoms with E-state index in [1.54, 1.807) is 18.8 Å². The van der Waals surface area contributed by atoms with Gasteiger partial charge in [0.2, 0.25) is 0 Å². The molecule has 12 heavy (non-hydrogen) atoms. The lowest BCUT2D eigenvalue weighted by Gasteiger charge is -2.25.